The fourth-order valence-corrected chi connectivity index (χ4v) is 4.02. The first-order chi connectivity index (χ1) is 12.3. The van der Waals surface area contributed by atoms with E-state index in [-0.39, 0.29) is 17.7 Å². The van der Waals surface area contributed by atoms with E-state index in [0.29, 0.717) is 23.9 Å². The smallest absolute Gasteiger partial charge is 0.165 e. The molecule has 3 heterocycles. The van der Waals surface area contributed by atoms with Gasteiger partial charge in [-0.25, -0.2) is 15.0 Å². The third-order valence-corrected chi connectivity index (χ3v) is 5.44. The lowest BCUT2D eigenvalue weighted by molar-refractivity contribution is 0.0618. The van der Waals surface area contributed by atoms with Crippen LogP contribution in [0.4, 0.5) is 0 Å². The Morgan fingerprint density at radius 1 is 1.24 bits per heavy atom. The number of aromatic nitrogens is 4. The van der Waals surface area contributed by atoms with Gasteiger partial charge in [-0.2, -0.15) is 0 Å². The Bertz CT molecular complexity index is 916. The molecular formula is C18H17ClN4O2. The van der Waals surface area contributed by atoms with Crippen LogP contribution in [0.25, 0.3) is 11.2 Å². The molecule has 0 spiro atoms. The average Bonchev–Trinajstić information content (AvgIpc) is 2.99. The van der Waals surface area contributed by atoms with E-state index in [2.05, 4.69) is 31.7 Å². The first-order valence-corrected chi connectivity index (χ1v) is 8.77. The number of epoxide rings is 1. The van der Waals surface area contributed by atoms with E-state index < -0.39 is 0 Å². The summed E-state index contributed by atoms with van der Waals surface area (Å²) in [4.78, 5) is 12.7. The molecule has 25 heavy (non-hydrogen) atoms. The van der Waals surface area contributed by atoms with Gasteiger partial charge < -0.3 is 14.0 Å². The van der Waals surface area contributed by atoms with Crippen molar-refractivity contribution in [2.45, 2.75) is 37.2 Å². The third kappa shape index (κ3) is 2.52. The second-order valence-corrected chi connectivity index (χ2v) is 7.03. The highest BCUT2D eigenvalue weighted by atomic mass is 35.5. The number of benzene rings is 1. The zero-order valence-corrected chi connectivity index (χ0v) is 14.3. The molecule has 1 saturated carbocycles. The molecular weight excluding hydrogens is 340 g/mol. The molecule has 128 valence electrons. The van der Waals surface area contributed by atoms with Gasteiger partial charge in [-0.1, -0.05) is 41.9 Å². The van der Waals surface area contributed by atoms with E-state index in [1.165, 1.54) is 11.9 Å². The molecule has 1 saturated heterocycles. The minimum Gasteiger partial charge on any atom is -0.374 e. The van der Waals surface area contributed by atoms with Crippen molar-refractivity contribution in [2.75, 3.05) is 6.61 Å². The Kier molecular flexibility index (Phi) is 3.51. The highest BCUT2D eigenvalue weighted by Gasteiger charge is 2.65. The normalized spacial score (nSPS) is 27.6. The Balaban J connectivity index is 1.29. The quantitative estimate of drug-likeness (QED) is 0.519. The van der Waals surface area contributed by atoms with Crippen LogP contribution in [0, 0.1) is 0 Å². The maximum Gasteiger partial charge on any atom is 0.165 e. The summed E-state index contributed by atoms with van der Waals surface area (Å²) in [6.07, 6.45) is 5.41. The van der Waals surface area contributed by atoms with Crippen molar-refractivity contribution in [3.05, 3.63) is 53.7 Å². The predicted octanol–water partition coefficient (Wildman–Crippen LogP) is 3.17. The van der Waals surface area contributed by atoms with E-state index >= 15 is 0 Å². The van der Waals surface area contributed by atoms with Crippen molar-refractivity contribution in [2.24, 2.45) is 0 Å². The minimum atomic E-state index is -0.160. The van der Waals surface area contributed by atoms with Gasteiger partial charge >= 0.3 is 0 Å². The van der Waals surface area contributed by atoms with Crippen LogP contribution in [-0.4, -0.2) is 37.8 Å². The number of imidazole rings is 1. The van der Waals surface area contributed by atoms with Gasteiger partial charge in [0.2, 0.25) is 0 Å². The molecule has 5 rings (SSSR count). The highest BCUT2D eigenvalue weighted by Crippen LogP contribution is 2.55. The summed E-state index contributed by atoms with van der Waals surface area (Å²) >= 11 is 6.10. The molecule has 1 aliphatic heterocycles. The van der Waals surface area contributed by atoms with Gasteiger partial charge in [0.05, 0.1) is 25.6 Å². The van der Waals surface area contributed by atoms with Crippen LogP contribution in [0.5, 0.6) is 0 Å². The summed E-state index contributed by atoms with van der Waals surface area (Å²) in [5.74, 6) is 0. The van der Waals surface area contributed by atoms with E-state index in [9.17, 15) is 0 Å². The van der Waals surface area contributed by atoms with Gasteiger partial charge in [0.1, 0.15) is 23.5 Å². The largest absolute Gasteiger partial charge is 0.374 e. The maximum atomic E-state index is 6.10. The van der Waals surface area contributed by atoms with Crippen LogP contribution >= 0.6 is 11.6 Å². The number of ether oxygens (including phenoxy) is 2. The summed E-state index contributed by atoms with van der Waals surface area (Å²) in [5.41, 5.74) is 2.43. The summed E-state index contributed by atoms with van der Waals surface area (Å²) in [7, 11) is 0. The van der Waals surface area contributed by atoms with Crippen molar-refractivity contribution >= 4 is 22.8 Å². The number of nitrogens with zero attached hydrogens (tertiary/aromatic N) is 4. The molecule has 2 fully saturated rings. The van der Waals surface area contributed by atoms with Crippen LogP contribution in [0.3, 0.4) is 0 Å². The second kappa shape index (κ2) is 5.76. The Morgan fingerprint density at radius 3 is 2.96 bits per heavy atom. The van der Waals surface area contributed by atoms with Gasteiger partial charge in [-0.05, 0) is 18.4 Å². The van der Waals surface area contributed by atoms with Crippen LogP contribution in [0.2, 0.25) is 5.15 Å². The average molecular weight is 357 g/mol. The monoisotopic (exact) mass is 356 g/mol. The lowest BCUT2D eigenvalue weighted by atomic mass is 10.1. The molecule has 0 amide bonds. The fourth-order valence-electron chi connectivity index (χ4n) is 3.85. The SMILES string of the molecule is Clc1ncnc2c1ncn2[C@H]1CC[C@]2(COCc3ccccc3)O[C@H]12. The molecule has 3 atom stereocenters. The van der Waals surface area contributed by atoms with Gasteiger partial charge in [-0.15, -0.1) is 0 Å². The van der Waals surface area contributed by atoms with Crippen molar-refractivity contribution in [3.8, 4) is 0 Å². The number of rotatable bonds is 5. The van der Waals surface area contributed by atoms with E-state index in [4.69, 9.17) is 21.1 Å². The zero-order valence-electron chi connectivity index (χ0n) is 13.5. The molecule has 0 unspecified atom stereocenters. The molecule has 2 aliphatic rings. The number of hydrogen-bond donors (Lipinski definition) is 0. The number of halogens is 1. The van der Waals surface area contributed by atoms with E-state index in [1.54, 1.807) is 6.33 Å². The lowest BCUT2D eigenvalue weighted by Crippen LogP contribution is -2.19. The van der Waals surface area contributed by atoms with Gasteiger partial charge in [0.15, 0.2) is 10.8 Å². The molecule has 3 aromatic rings. The fraction of sp³-hybridized carbons (Fsp3) is 0.389. The summed E-state index contributed by atoms with van der Waals surface area (Å²) in [6, 6.07) is 10.4. The molecule has 7 heteroatoms. The van der Waals surface area contributed by atoms with Crippen molar-refractivity contribution in [1.82, 2.24) is 19.5 Å². The molecule has 2 aromatic heterocycles. The van der Waals surface area contributed by atoms with Crippen LogP contribution in [0.1, 0.15) is 24.4 Å². The van der Waals surface area contributed by atoms with E-state index in [1.807, 2.05) is 18.2 Å². The van der Waals surface area contributed by atoms with Crippen LogP contribution in [-0.2, 0) is 16.1 Å². The molecule has 1 aromatic carbocycles. The van der Waals surface area contributed by atoms with Crippen molar-refractivity contribution < 1.29 is 9.47 Å². The molecule has 0 bridgehead atoms. The van der Waals surface area contributed by atoms with Crippen molar-refractivity contribution in [3.63, 3.8) is 0 Å². The maximum absolute atomic E-state index is 6.10. The number of fused-ring (bicyclic) bond motifs is 2. The van der Waals surface area contributed by atoms with Crippen molar-refractivity contribution in [1.29, 1.82) is 0 Å². The van der Waals surface area contributed by atoms with E-state index in [0.717, 1.165) is 18.5 Å². The van der Waals surface area contributed by atoms with Gasteiger partial charge in [-0.3, -0.25) is 0 Å². The topological polar surface area (TPSA) is 65.4 Å². The van der Waals surface area contributed by atoms with Crippen LogP contribution in [0.15, 0.2) is 43.0 Å². The summed E-state index contributed by atoms with van der Waals surface area (Å²) in [5, 5.41) is 0.385. The predicted molar refractivity (Wildman–Crippen MR) is 92.3 cm³/mol. The molecule has 0 radical (unpaired) electrons. The Labute approximate surface area is 149 Å². The summed E-state index contributed by atoms with van der Waals surface area (Å²) < 4.78 is 14.0. The standard InChI is InChI=1S/C18H17ClN4O2/c19-16-14-17(21-10-20-16)23(11-22-14)13-6-7-18(15(13)25-18)9-24-8-12-4-2-1-3-5-12/h1-5,10-11,13,15H,6-9H2/t13-,15+,18+/m0/s1. The second-order valence-electron chi connectivity index (χ2n) is 6.68. The van der Waals surface area contributed by atoms with Gasteiger partial charge in [0, 0.05) is 0 Å². The Hall–Kier alpha value is -2.02. The minimum absolute atomic E-state index is 0.148. The Morgan fingerprint density at radius 2 is 2.12 bits per heavy atom. The van der Waals surface area contributed by atoms with Crippen LogP contribution < -0.4 is 0 Å². The summed E-state index contributed by atoms with van der Waals surface area (Å²) in [6.45, 7) is 1.23. The third-order valence-electron chi connectivity index (χ3n) is 5.17. The first-order valence-electron chi connectivity index (χ1n) is 8.39. The lowest BCUT2D eigenvalue weighted by Gasteiger charge is -2.12. The number of hydrogen-bond acceptors (Lipinski definition) is 5. The molecule has 1 aliphatic carbocycles. The zero-order chi connectivity index (χ0) is 16.9. The first kappa shape index (κ1) is 15.3. The molecule has 6 nitrogen and oxygen atoms in total. The highest BCUT2D eigenvalue weighted by molar-refractivity contribution is 6.33. The molecule has 0 N–H and O–H groups in total. The van der Waals surface area contributed by atoms with Gasteiger partial charge in [0.25, 0.3) is 0 Å².